The lowest BCUT2D eigenvalue weighted by molar-refractivity contribution is -0.132. The van der Waals surface area contributed by atoms with Gasteiger partial charge in [0.15, 0.2) is 0 Å². The molecule has 54 heavy (non-hydrogen) atoms. The lowest BCUT2D eigenvalue weighted by atomic mass is 9.58. The minimum atomic E-state index is -0.336. The first kappa shape index (κ1) is 36.0. The monoisotopic (exact) mass is 749 g/mol. The molecule has 7 aliphatic rings. The average molecular weight is 750 g/mol. The highest BCUT2D eigenvalue weighted by molar-refractivity contribution is 8.00. The maximum absolute atomic E-state index is 13.1. The molecule has 9 rings (SSSR count). The lowest BCUT2D eigenvalue weighted by Crippen LogP contribution is -2.54. The van der Waals surface area contributed by atoms with Crippen LogP contribution >= 0.6 is 11.8 Å². The molecule has 9 atom stereocenters. The van der Waals surface area contributed by atoms with Crippen molar-refractivity contribution in [2.75, 3.05) is 12.3 Å². The molecular weight excluding hydrogens is 695 g/mol. The van der Waals surface area contributed by atoms with Crippen LogP contribution in [-0.4, -0.2) is 69.7 Å². The largest absolute Gasteiger partial charge is 0.359 e. The van der Waals surface area contributed by atoms with Crippen LogP contribution in [-0.2, 0) is 14.3 Å². The Hall–Kier alpha value is -3.63. The average Bonchev–Trinajstić information content (AvgIpc) is 3.91. The zero-order valence-corrected chi connectivity index (χ0v) is 32.4. The molecule has 1 saturated carbocycles. The summed E-state index contributed by atoms with van der Waals surface area (Å²) in [5, 5.41) is 15.3. The van der Waals surface area contributed by atoms with Crippen LogP contribution in [0.5, 0.6) is 0 Å². The number of nitrogens with zero attached hydrogens (tertiary/aromatic N) is 1. The number of urea groups is 1. The number of hydrogen-bond donors (Lipinski definition) is 4. The second-order valence-electron chi connectivity index (χ2n) is 17.4. The highest BCUT2D eigenvalue weighted by Crippen LogP contribution is 2.69. The van der Waals surface area contributed by atoms with Gasteiger partial charge in [0.2, 0.25) is 11.8 Å². The van der Waals surface area contributed by atoms with Crippen LogP contribution in [0.3, 0.4) is 0 Å². The Bertz CT molecular complexity index is 1910. The Morgan fingerprint density at radius 1 is 1.00 bits per heavy atom. The number of pyridine rings is 1. The van der Waals surface area contributed by atoms with E-state index < -0.39 is 0 Å². The van der Waals surface area contributed by atoms with Crippen molar-refractivity contribution in [1.82, 2.24) is 26.3 Å². The number of hydrogen-bond acceptors (Lipinski definition) is 6. The number of ether oxygens (including phenoxy) is 1. The molecule has 10 heteroatoms. The smallest absolute Gasteiger partial charge is 0.315 e. The quantitative estimate of drug-likeness (QED) is 0.128. The molecule has 286 valence electrons. The molecule has 2 aromatic rings. The normalized spacial score (nSPS) is 35.6. The number of carbonyl (C=O) groups excluding carboxylic acids is 3. The Kier molecular flexibility index (Phi) is 9.65. The number of amides is 4. The van der Waals surface area contributed by atoms with E-state index in [1.54, 1.807) is 0 Å². The van der Waals surface area contributed by atoms with Crippen molar-refractivity contribution >= 4 is 40.4 Å². The fourth-order valence-corrected chi connectivity index (χ4v) is 13.0. The molecule has 4 N–H and O–H groups in total. The van der Waals surface area contributed by atoms with Gasteiger partial charge in [-0.25, -0.2) is 4.79 Å². The Labute approximate surface area is 323 Å². The highest BCUT2D eigenvalue weighted by Gasteiger charge is 2.66. The summed E-state index contributed by atoms with van der Waals surface area (Å²) < 4.78 is 7.44. The molecule has 3 aliphatic carbocycles. The first-order valence-corrected chi connectivity index (χ1v) is 21.7. The second kappa shape index (κ2) is 14.5. The van der Waals surface area contributed by atoms with Gasteiger partial charge in [0, 0.05) is 54.6 Å². The van der Waals surface area contributed by atoms with Crippen molar-refractivity contribution in [2.45, 2.75) is 137 Å². The van der Waals surface area contributed by atoms with Crippen LogP contribution in [0.2, 0.25) is 0 Å². The summed E-state index contributed by atoms with van der Waals surface area (Å²) >= 11 is 1.92. The number of aromatic nitrogens is 1. The molecule has 0 unspecified atom stereocenters. The van der Waals surface area contributed by atoms with Crippen LogP contribution < -0.4 is 21.3 Å². The summed E-state index contributed by atoms with van der Waals surface area (Å²) in [4.78, 5) is 41.4. The lowest BCUT2D eigenvalue weighted by Gasteiger charge is -2.53. The Balaban J connectivity index is 0.718. The van der Waals surface area contributed by atoms with Gasteiger partial charge in [-0.2, -0.15) is 11.8 Å². The van der Waals surface area contributed by atoms with Crippen molar-refractivity contribution < 1.29 is 19.1 Å². The third kappa shape index (κ3) is 6.49. The molecule has 1 aromatic heterocycles. The van der Waals surface area contributed by atoms with Crippen molar-refractivity contribution in [1.29, 1.82) is 0 Å². The van der Waals surface area contributed by atoms with Gasteiger partial charge < -0.3 is 26.0 Å². The van der Waals surface area contributed by atoms with E-state index in [-0.39, 0.29) is 52.6 Å². The van der Waals surface area contributed by atoms with E-state index in [1.807, 2.05) is 24.2 Å². The van der Waals surface area contributed by atoms with Gasteiger partial charge in [-0.15, -0.1) is 0 Å². The van der Waals surface area contributed by atoms with Gasteiger partial charge in [0.05, 0.1) is 29.3 Å². The van der Waals surface area contributed by atoms with Crippen LogP contribution in [0.15, 0.2) is 72.1 Å². The molecule has 3 saturated heterocycles. The van der Waals surface area contributed by atoms with Gasteiger partial charge >= 0.3 is 6.03 Å². The van der Waals surface area contributed by atoms with Crippen molar-refractivity contribution in [3.63, 3.8) is 0 Å². The van der Waals surface area contributed by atoms with Gasteiger partial charge in [-0.1, -0.05) is 56.2 Å². The van der Waals surface area contributed by atoms with E-state index in [0.29, 0.717) is 36.5 Å². The molecule has 0 radical (unpaired) electrons. The van der Waals surface area contributed by atoms with E-state index in [0.717, 1.165) is 70.0 Å². The molecule has 4 fully saturated rings. The van der Waals surface area contributed by atoms with E-state index in [9.17, 15) is 14.4 Å². The number of carbonyl (C=O) groups is 3. The Morgan fingerprint density at radius 3 is 2.81 bits per heavy atom. The molecule has 4 amide bonds. The van der Waals surface area contributed by atoms with Crippen molar-refractivity contribution in [3.05, 3.63) is 77.7 Å². The van der Waals surface area contributed by atoms with Gasteiger partial charge in [-0.3, -0.25) is 14.6 Å². The fraction of sp³-hybridized carbons (Fsp3) is 0.591. The summed E-state index contributed by atoms with van der Waals surface area (Å²) in [7, 11) is 0. The number of fused-ring (bicyclic) bond motifs is 3. The first-order chi connectivity index (χ1) is 26.2. The number of unbranched alkanes of at least 4 members (excludes halogenated alkanes) is 3. The van der Waals surface area contributed by atoms with Gasteiger partial charge in [0.25, 0.3) is 0 Å². The summed E-state index contributed by atoms with van der Waals surface area (Å²) in [5.74, 6) is 2.12. The molecule has 1 aromatic carbocycles. The number of thioether (sulfide) groups is 1. The number of allylic oxidation sites excluding steroid dienone is 1. The van der Waals surface area contributed by atoms with Crippen molar-refractivity contribution in [3.8, 4) is 0 Å². The van der Waals surface area contributed by atoms with E-state index in [4.69, 9.17) is 4.74 Å². The summed E-state index contributed by atoms with van der Waals surface area (Å²) in [6, 6.07) is 9.46. The highest BCUT2D eigenvalue weighted by atomic mass is 32.2. The van der Waals surface area contributed by atoms with E-state index in [2.05, 4.69) is 81.7 Å². The van der Waals surface area contributed by atoms with Crippen molar-refractivity contribution in [2.24, 2.45) is 11.3 Å². The van der Waals surface area contributed by atoms with Crippen LogP contribution in [0, 0.1) is 11.3 Å². The summed E-state index contributed by atoms with van der Waals surface area (Å²) in [5.41, 5.74) is 3.64. The van der Waals surface area contributed by atoms with Crippen LogP contribution in [0.25, 0.3) is 10.8 Å². The number of rotatable bonds is 13. The van der Waals surface area contributed by atoms with Crippen LogP contribution in [0.1, 0.15) is 108 Å². The predicted octanol–water partition coefficient (Wildman–Crippen LogP) is 7.14. The minimum absolute atomic E-state index is 0.0330. The summed E-state index contributed by atoms with van der Waals surface area (Å²) in [6.07, 6.45) is 25.9. The molecule has 5 heterocycles. The topological polar surface area (TPSA) is 121 Å². The predicted molar refractivity (Wildman–Crippen MR) is 213 cm³/mol. The maximum atomic E-state index is 13.1. The molecule has 2 bridgehead atoms. The molecule has 2 spiro atoms. The SMILES string of the molecule is C[C@]12CC=C3C=C4C=C[C@@H](NC(=O)CCCCCNC(=O)CCCC[C@@H]5SC[C@@H]6NC(=O)N[C@@H]65)C[C@]45CC[C@]3(O5)[C@@H]1CC[C@@H]2c1ccc2ccncc2c1. The zero-order chi connectivity index (χ0) is 36.9. The van der Waals surface area contributed by atoms with Crippen LogP contribution in [0.4, 0.5) is 4.79 Å². The minimum Gasteiger partial charge on any atom is -0.359 e. The number of benzene rings is 1. The zero-order valence-electron chi connectivity index (χ0n) is 31.5. The molecule has 9 nitrogen and oxygen atoms in total. The van der Waals surface area contributed by atoms with E-state index >= 15 is 0 Å². The number of nitrogens with one attached hydrogen (secondary N) is 4. The first-order valence-electron chi connectivity index (χ1n) is 20.6. The van der Waals surface area contributed by atoms with Gasteiger partial charge in [0.1, 0.15) is 0 Å². The third-order valence-electron chi connectivity index (χ3n) is 14.2. The molecule has 4 aliphatic heterocycles. The maximum Gasteiger partial charge on any atom is 0.315 e. The second-order valence-corrected chi connectivity index (χ2v) is 18.7. The van der Waals surface area contributed by atoms with Gasteiger partial charge in [-0.05, 0) is 109 Å². The third-order valence-corrected chi connectivity index (χ3v) is 15.7. The standard InChI is InChI=1S/C44H55N5O4S/c1-42-18-16-32-24-31-12-13-33(47-39(51)9-3-2-6-21-46-38(50)8-5-4-7-36-40-35(27-54-36)48-41(52)49-40)25-43(31)19-20-44(32,53-43)37(42)15-14-34(42)29-11-10-28-17-22-45-26-30(28)23-29/h10-13,16-17,22-24,26,33-37,40H,2-9,14-15,18-21,25,27H2,1H3,(H,46,50)(H,47,51)(H2,48,49,52)/t33-,34-,35+,36+,37-,40+,42-,43-,44-/m1/s1. The fourth-order valence-electron chi connectivity index (χ4n) is 11.5. The summed E-state index contributed by atoms with van der Waals surface area (Å²) in [6.45, 7) is 3.17. The van der Waals surface area contributed by atoms with E-state index in [1.165, 1.54) is 40.3 Å². The Morgan fingerprint density at radius 2 is 1.89 bits per heavy atom. The molecular formula is C44H55N5O4S.